The van der Waals surface area contributed by atoms with Crippen molar-refractivity contribution in [3.8, 4) is 17.2 Å². The van der Waals surface area contributed by atoms with E-state index in [9.17, 15) is 18.0 Å². The molecule has 0 radical (unpaired) electrons. The highest BCUT2D eigenvalue weighted by molar-refractivity contribution is 6.32. The van der Waals surface area contributed by atoms with Crippen LogP contribution in [0.1, 0.15) is 5.56 Å². The molecular formula is C17H9Cl2F3O4. The lowest BCUT2D eigenvalue weighted by Crippen LogP contribution is -2.40. The number of carboxylic acid groups (broad SMARTS) is 1. The van der Waals surface area contributed by atoms with Crippen molar-refractivity contribution >= 4 is 35.2 Å². The third kappa shape index (κ3) is 3.73. The van der Waals surface area contributed by atoms with Crippen LogP contribution in [0.15, 0.2) is 42.0 Å². The zero-order chi connectivity index (χ0) is 19.1. The Balaban J connectivity index is 2.01. The van der Waals surface area contributed by atoms with Crippen LogP contribution >= 0.6 is 23.2 Å². The SMILES string of the molecule is O=C(O)C1=Cc2cc(Cl)c(Oc3cccc(Cl)c3)cc2O[C@@H]1C(F)(F)F. The third-order valence-electron chi connectivity index (χ3n) is 3.47. The molecule has 0 saturated carbocycles. The average molecular weight is 405 g/mol. The first-order valence-corrected chi connectivity index (χ1v) is 7.86. The number of rotatable bonds is 3. The Hall–Kier alpha value is -2.38. The second-order valence-electron chi connectivity index (χ2n) is 5.32. The quantitative estimate of drug-likeness (QED) is 0.725. The van der Waals surface area contributed by atoms with E-state index in [1.807, 2.05) is 0 Å². The molecule has 3 rings (SSSR count). The molecule has 0 saturated heterocycles. The molecule has 1 aliphatic heterocycles. The molecule has 1 heterocycles. The fourth-order valence-electron chi connectivity index (χ4n) is 2.35. The van der Waals surface area contributed by atoms with Gasteiger partial charge in [0.25, 0.3) is 0 Å². The van der Waals surface area contributed by atoms with E-state index in [4.69, 9.17) is 37.8 Å². The molecule has 9 heteroatoms. The molecule has 1 N–H and O–H groups in total. The standard InChI is InChI=1S/C17H9Cl2F3O4/c18-9-2-1-3-10(6-9)25-14-7-13-8(5-12(14)19)4-11(16(23)24)15(26-13)17(20,21)22/h1-7,15H,(H,23,24)/t15-/m0/s1. The van der Waals surface area contributed by atoms with Crippen LogP contribution in [0.2, 0.25) is 10.0 Å². The lowest BCUT2D eigenvalue weighted by Gasteiger charge is -2.27. The number of carbonyl (C=O) groups is 1. The van der Waals surface area contributed by atoms with Crippen molar-refractivity contribution in [3.05, 3.63) is 57.6 Å². The Morgan fingerprint density at radius 1 is 1.19 bits per heavy atom. The van der Waals surface area contributed by atoms with Gasteiger partial charge < -0.3 is 14.6 Å². The van der Waals surface area contributed by atoms with Gasteiger partial charge in [-0.1, -0.05) is 29.3 Å². The number of alkyl halides is 3. The van der Waals surface area contributed by atoms with Gasteiger partial charge in [0.15, 0.2) is 0 Å². The van der Waals surface area contributed by atoms with Crippen molar-refractivity contribution < 1.29 is 32.5 Å². The van der Waals surface area contributed by atoms with E-state index in [2.05, 4.69) is 0 Å². The molecule has 1 atom stereocenters. The highest BCUT2D eigenvalue weighted by Gasteiger charge is 2.48. The van der Waals surface area contributed by atoms with Crippen molar-refractivity contribution in [2.24, 2.45) is 0 Å². The van der Waals surface area contributed by atoms with Crippen molar-refractivity contribution in [2.45, 2.75) is 12.3 Å². The fourth-order valence-corrected chi connectivity index (χ4v) is 2.74. The molecule has 2 aromatic rings. The van der Waals surface area contributed by atoms with Crippen molar-refractivity contribution in [1.29, 1.82) is 0 Å². The molecular weight excluding hydrogens is 396 g/mol. The zero-order valence-corrected chi connectivity index (χ0v) is 14.2. The van der Waals surface area contributed by atoms with Gasteiger partial charge in [-0.25, -0.2) is 4.79 Å². The summed E-state index contributed by atoms with van der Waals surface area (Å²) in [5.41, 5.74) is -0.823. The van der Waals surface area contributed by atoms with Gasteiger partial charge in [-0.15, -0.1) is 0 Å². The predicted molar refractivity (Wildman–Crippen MR) is 89.1 cm³/mol. The molecule has 0 unspecified atom stereocenters. The van der Waals surface area contributed by atoms with Crippen LogP contribution in [0.25, 0.3) is 6.08 Å². The molecule has 0 bridgehead atoms. The molecule has 0 aliphatic carbocycles. The number of benzene rings is 2. The minimum Gasteiger partial charge on any atom is -0.478 e. The molecule has 136 valence electrons. The molecule has 4 nitrogen and oxygen atoms in total. The summed E-state index contributed by atoms with van der Waals surface area (Å²) in [4.78, 5) is 11.1. The fraction of sp³-hybridized carbons (Fsp3) is 0.118. The summed E-state index contributed by atoms with van der Waals surface area (Å²) in [6, 6.07) is 8.78. The Morgan fingerprint density at radius 2 is 1.92 bits per heavy atom. The largest absolute Gasteiger partial charge is 0.478 e. The van der Waals surface area contributed by atoms with Crippen LogP contribution in [0.3, 0.4) is 0 Å². The molecule has 0 aromatic heterocycles. The number of hydrogen-bond donors (Lipinski definition) is 1. The van der Waals surface area contributed by atoms with E-state index in [1.54, 1.807) is 18.2 Å². The highest BCUT2D eigenvalue weighted by atomic mass is 35.5. The van der Waals surface area contributed by atoms with Gasteiger partial charge in [-0.05, 0) is 30.3 Å². The Labute approximate surface area is 155 Å². The van der Waals surface area contributed by atoms with Crippen LogP contribution in [0.5, 0.6) is 17.2 Å². The highest BCUT2D eigenvalue weighted by Crippen LogP contribution is 2.42. The summed E-state index contributed by atoms with van der Waals surface area (Å²) in [5, 5.41) is 9.49. The van der Waals surface area contributed by atoms with E-state index < -0.39 is 23.8 Å². The number of aliphatic carboxylic acids is 1. The zero-order valence-electron chi connectivity index (χ0n) is 12.7. The first kappa shape index (κ1) is 18.4. The van der Waals surface area contributed by atoms with Gasteiger partial charge in [-0.3, -0.25) is 0 Å². The number of ether oxygens (including phenoxy) is 2. The molecule has 26 heavy (non-hydrogen) atoms. The topological polar surface area (TPSA) is 55.8 Å². The summed E-state index contributed by atoms with van der Waals surface area (Å²) in [5.74, 6) is -1.56. The van der Waals surface area contributed by atoms with E-state index in [1.165, 1.54) is 18.2 Å². The van der Waals surface area contributed by atoms with Crippen LogP contribution in [-0.2, 0) is 4.79 Å². The van der Waals surface area contributed by atoms with Crippen LogP contribution in [0, 0.1) is 0 Å². The Bertz CT molecular complexity index is 909. The second kappa shape index (κ2) is 6.74. The van der Waals surface area contributed by atoms with Gasteiger partial charge in [0, 0.05) is 16.7 Å². The summed E-state index contributed by atoms with van der Waals surface area (Å²) in [6.07, 6.45) is -6.60. The summed E-state index contributed by atoms with van der Waals surface area (Å²) in [6.45, 7) is 0. The monoisotopic (exact) mass is 404 g/mol. The number of carboxylic acids is 1. The maximum absolute atomic E-state index is 13.1. The van der Waals surface area contributed by atoms with E-state index >= 15 is 0 Å². The lowest BCUT2D eigenvalue weighted by atomic mass is 10.0. The Morgan fingerprint density at radius 3 is 2.54 bits per heavy atom. The van der Waals surface area contributed by atoms with Crippen LogP contribution in [0.4, 0.5) is 13.2 Å². The first-order valence-electron chi connectivity index (χ1n) is 7.10. The van der Waals surface area contributed by atoms with Gasteiger partial charge >= 0.3 is 12.1 Å². The third-order valence-corrected chi connectivity index (χ3v) is 4.00. The number of halogens is 5. The van der Waals surface area contributed by atoms with Crippen LogP contribution < -0.4 is 9.47 Å². The smallest absolute Gasteiger partial charge is 0.430 e. The average Bonchev–Trinajstić information content (AvgIpc) is 2.53. The normalized spacial score (nSPS) is 16.3. The molecule has 2 aromatic carbocycles. The van der Waals surface area contributed by atoms with Gasteiger partial charge in [-0.2, -0.15) is 13.2 Å². The second-order valence-corrected chi connectivity index (χ2v) is 6.17. The number of fused-ring (bicyclic) bond motifs is 1. The summed E-state index contributed by atoms with van der Waals surface area (Å²) in [7, 11) is 0. The van der Waals surface area contributed by atoms with E-state index in [0.717, 1.165) is 6.08 Å². The van der Waals surface area contributed by atoms with Gasteiger partial charge in [0.1, 0.15) is 17.2 Å². The van der Waals surface area contributed by atoms with Crippen molar-refractivity contribution in [2.75, 3.05) is 0 Å². The summed E-state index contributed by atoms with van der Waals surface area (Å²) < 4.78 is 49.8. The lowest BCUT2D eigenvalue weighted by molar-refractivity contribution is -0.187. The van der Waals surface area contributed by atoms with E-state index in [0.29, 0.717) is 10.8 Å². The minimum absolute atomic E-state index is 0.0424. The molecule has 0 spiro atoms. The van der Waals surface area contributed by atoms with Crippen LogP contribution in [-0.4, -0.2) is 23.4 Å². The van der Waals surface area contributed by atoms with E-state index in [-0.39, 0.29) is 22.1 Å². The number of hydrogen-bond acceptors (Lipinski definition) is 3. The minimum atomic E-state index is -4.89. The maximum atomic E-state index is 13.1. The van der Waals surface area contributed by atoms with Crippen molar-refractivity contribution in [3.63, 3.8) is 0 Å². The first-order chi connectivity index (χ1) is 12.1. The molecule has 0 amide bonds. The van der Waals surface area contributed by atoms with Gasteiger partial charge in [0.05, 0.1) is 10.6 Å². The van der Waals surface area contributed by atoms with Gasteiger partial charge in [0.2, 0.25) is 6.10 Å². The Kier molecular flexibility index (Phi) is 4.77. The maximum Gasteiger partial charge on any atom is 0.430 e. The van der Waals surface area contributed by atoms with Crippen molar-refractivity contribution in [1.82, 2.24) is 0 Å². The summed E-state index contributed by atoms with van der Waals surface area (Å²) >= 11 is 11.9. The molecule has 1 aliphatic rings. The molecule has 0 fully saturated rings. The predicted octanol–water partition coefficient (Wildman–Crippen LogP) is 5.58.